The van der Waals surface area contributed by atoms with Crippen molar-refractivity contribution in [1.29, 1.82) is 0 Å². The van der Waals surface area contributed by atoms with Crippen molar-refractivity contribution in [2.24, 2.45) is 0 Å². The molecule has 0 aliphatic rings. The molecule has 1 nitrogen and oxygen atoms in total. The third-order valence-corrected chi connectivity index (χ3v) is 5.81. The summed E-state index contributed by atoms with van der Waals surface area (Å²) < 4.78 is 2.35. The number of halogens is 2. The smallest absolute Gasteiger partial charge is 0.0834 e. The highest BCUT2D eigenvalue weighted by atomic mass is 35.5. The van der Waals surface area contributed by atoms with Crippen LogP contribution in [-0.2, 0) is 6.54 Å². The van der Waals surface area contributed by atoms with Gasteiger partial charge in [-0.1, -0.05) is 86.1 Å². The maximum atomic E-state index is 6.17. The summed E-state index contributed by atoms with van der Waals surface area (Å²) in [6.07, 6.45) is 9.31. The first kappa shape index (κ1) is 24.7. The Hall–Kier alpha value is -1.35. The summed E-state index contributed by atoms with van der Waals surface area (Å²) in [6.45, 7) is 17.4. The summed E-state index contributed by atoms with van der Waals surface area (Å²) in [5, 5.41) is 2.52. The van der Waals surface area contributed by atoms with Gasteiger partial charge >= 0.3 is 0 Å². The molecule has 2 aromatic rings. The molecule has 0 amide bonds. The standard InChI is InChI=1S/C21H23Cl2NS.C3H8/c1-6-8-17(9-7-2)13-24-16(5)14(3)15(4)21(24)25-20-11-18(22)10-19(23)12-20;1-3-2/h6-12H,1,13H2,2-5H3;3H2,1-2H3/b9-7-,17-8+;. The molecule has 152 valence electrons. The van der Waals surface area contributed by atoms with E-state index < -0.39 is 0 Å². The highest BCUT2D eigenvalue weighted by Gasteiger charge is 2.16. The lowest BCUT2D eigenvalue weighted by molar-refractivity contribution is 0.703. The molecule has 0 saturated heterocycles. The number of hydrogen-bond donors (Lipinski definition) is 0. The van der Waals surface area contributed by atoms with E-state index in [1.807, 2.05) is 25.1 Å². The van der Waals surface area contributed by atoms with E-state index in [0.717, 1.165) is 11.4 Å². The average Bonchev–Trinajstić information content (AvgIpc) is 2.80. The minimum Gasteiger partial charge on any atom is -0.335 e. The predicted octanol–water partition coefficient (Wildman–Crippen LogP) is 8.98. The first-order valence-electron chi connectivity index (χ1n) is 9.53. The zero-order valence-electron chi connectivity index (χ0n) is 17.8. The van der Waals surface area contributed by atoms with Crippen LogP contribution in [0.25, 0.3) is 0 Å². The minimum atomic E-state index is 0.653. The normalized spacial score (nSPS) is 11.5. The Morgan fingerprint density at radius 1 is 1.07 bits per heavy atom. The van der Waals surface area contributed by atoms with Crippen LogP contribution in [0.1, 0.15) is 44.0 Å². The van der Waals surface area contributed by atoms with Gasteiger partial charge in [-0.15, -0.1) is 0 Å². The topological polar surface area (TPSA) is 4.93 Å². The molecular formula is C24H31Cl2NS. The Kier molecular flexibility index (Phi) is 10.8. The molecule has 0 bridgehead atoms. The fraction of sp³-hybridized carbons (Fsp3) is 0.333. The second-order valence-electron chi connectivity index (χ2n) is 6.62. The number of rotatable bonds is 6. The molecule has 0 unspecified atom stereocenters. The van der Waals surface area contributed by atoms with Crippen molar-refractivity contribution in [3.05, 3.63) is 81.5 Å². The van der Waals surface area contributed by atoms with E-state index >= 15 is 0 Å². The number of nitrogens with zero attached hydrogens (tertiary/aromatic N) is 1. The molecular weight excluding hydrogens is 405 g/mol. The van der Waals surface area contributed by atoms with Crippen molar-refractivity contribution in [1.82, 2.24) is 4.57 Å². The van der Waals surface area contributed by atoms with Gasteiger partial charge in [0.15, 0.2) is 0 Å². The summed E-state index contributed by atoms with van der Waals surface area (Å²) in [5.74, 6) is 0. The molecule has 28 heavy (non-hydrogen) atoms. The summed E-state index contributed by atoms with van der Waals surface area (Å²) in [6, 6.07) is 5.66. The van der Waals surface area contributed by atoms with Crippen LogP contribution in [0.3, 0.4) is 0 Å². The van der Waals surface area contributed by atoms with Crippen molar-refractivity contribution in [3.8, 4) is 0 Å². The van der Waals surface area contributed by atoms with Crippen molar-refractivity contribution >= 4 is 35.0 Å². The third-order valence-electron chi connectivity index (χ3n) is 4.18. The van der Waals surface area contributed by atoms with Crippen molar-refractivity contribution in [2.75, 3.05) is 0 Å². The van der Waals surface area contributed by atoms with Crippen LogP contribution in [0.4, 0.5) is 0 Å². The van der Waals surface area contributed by atoms with Gasteiger partial charge in [0.2, 0.25) is 0 Å². The molecule has 0 fully saturated rings. The molecule has 0 atom stereocenters. The molecule has 1 aromatic heterocycles. The Labute approximate surface area is 185 Å². The molecule has 0 aliphatic heterocycles. The number of benzene rings is 1. The van der Waals surface area contributed by atoms with Crippen LogP contribution in [-0.4, -0.2) is 4.57 Å². The lowest BCUT2D eigenvalue weighted by Gasteiger charge is -2.13. The Balaban J connectivity index is 0.00000122. The first-order chi connectivity index (χ1) is 13.3. The van der Waals surface area contributed by atoms with Crippen LogP contribution in [0.5, 0.6) is 0 Å². The molecule has 1 aromatic carbocycles. The quantitative estimate of drug-likeness (QED) is 0.409. The molecule has 1 heterocycles. The molecule has 0 N–H and O–H groups in total. The average molecular weight is 436 g/mol. The summed E-state index contributed by atoms with van der Waals surface area (Å²) in [7, 11) is 0. The molecule has 0 aliphatic carbocycles. The highest BCUT2D eigenvalue weighted by Crippen LogP contribution is 2.37. The van der Waals surface area contributed by atoms with Crippen LogP contribution >= 0.6 is 35.0 Å². The monoisotopic (exact) mass is 435 g/mol. The third kappa shape index (κ3) is 6.92. The lowest BCUT2D eigenvalue weighted by Crippen LogP contribution is -2.04. The van der Waals surface area contributed by atoms with Crippen molar-refractivity contribution < 1.29 is 0 Å². The Bertz CT molecular complexity index is 840. The van der Waals surface area contributed by atoms with E-state index in [4.69, 9.17) is 23.2 Å². The van der Waals surface area contributed by atoms with Gasteiger partial charge in [0.25, 0.3) is 0 Å². The van der Waals surface area contributed by atoms with Gasteiger partial charge in [-0.25, -0.2) is 0 Å². The SMILES string of the molecule is C=C/C=C(\C=C/C)Cn1c(C)c(C)c(C)c1Sc1cc(Cl)cc(Cl)c1.CCC. The van der Waals surface area contributed by atoms with Gasteiger partial charge in [-0.2, -0.15) is 0 Å². The fourth-order valence-electron chi connectivity index (χ4n) is 2.72. The number of hydrogen-bond acceptors (Lipinski definition) is 1. The molecule has 0 spiro atoms. The zero-order chi connectivity index (χ0) is 21.3. The van der Waals surface area contributed by atoms with E-state index in [1.54, 1.807) is 17.8 Å². The predicted molar refractivity (Wildman–Crippen MR) is 128 cm³/mol. The van der Waals surface area contributed by atoms with E-state index in [1.165, 1.54) is 33.8 Å². The van der Waals surface area contributed by atoms with E-state index in [0.29, 0.717) is 10.0 Å². The van der Waals surface area contributed by atoms with E-state index in [-0.39, 0.29) is 0 Å². The molecule has 0 radical (unpaired) electrons. The zero-order valence-corrected chi connectivity index (χ0v) is 20.1. The van der Waals surface area contributed by atoms with Crippen LogP contribution in [0.15, 0.2) is 64.6 Å². The maximum Gasteiger partial charge on any atom is 0.0834 e. The number of allylic oxidation sites excluding steroid dienone is 5. The highest BCUT2D eigenvalue weighted by molar-refractivity contribution is 7.99. The molecule has 0 saturated carbocycles. The van der Waals surface area contributed by atoms with Gasteiger partial charge in [0, 0.05) is 27.2 Å². The maximum absolute atomic E-state index is 6.17. The molecule has 4 heteroatoms. The van der Waals surface area contributed by atoms with Crippen LogP contribution in [0, 0.1) is 20.8 Å². The number of aromatic nitrogens is 1. The van der Waals surface area contributed by atoms with Gasteiger partial charge in [-0.3, -0.25) is 0 Å². The Morgan fingerprint density at radius 3 is 2.14 bits per heavy atom. The summed E-state index contributed by atoms with van der Waals surface area (Å²) >= 11 is 14.0. The second kappa shape index (κ2) is 12.3. The summed E-state index contributed by atoms with van der Waals surface area (Å²) in [4.78, 5) is 1.04. The van der Waals surface area contributed by atoms with Gasteiger partial charge in [-0.05, 0) is 62.6 Å². The largest absolute Gasteiger partial charge is 0.335 e. The van der Waals surface area contributed by atoms with Crippen molar-refractivity contribution in [3.63, 3.8) is 0 Å². The van der Waals surface area contributed by atoms with Gasteiger partial charge in [0.05, 0.1) is 5.03 Å². The van der Waals surface area contributed by atoms with Crippen LogP contribution in [0.2, 0.25) is 10.0 Å². The summed E-state index contributed by atoms with van der Waals surface area (Å²) in [5.41, 5.74) is 5.08. The van der Waals surface area contributed by atoms with Crippen molar-refractivity contribution in [2.45, 2.75) is 64.4 Å². The van der Waals surface area contributed by atoms with Gasteiger partial charge < -0.3 is 4.57 Å². The lowest BCUT2D eigenvalue weighted by atomic mass is 10.2. The van der Waals surface area contributed by atoms with E-state index in [9.17, 15) is 0 Å². The molecule has 2 rings (SSSR count). The first-order valence-corrected chi connectivity index (χ1v) is 11.1. The van der Waals surface area contributed by atoms with Gasteiger partial charge in [0.1, 0.15) is 0 Å². The van der Waals surface area contributed by atoms with Crippen LogP contribution < -0.4 is 0 Å². The Morgan fingerprint density at radius 2 is 1.64 bits per heavy atom. The fourth-order valence-corrected chi connectivity index (χ4v) is 4.59. The second-order valence-corrected chi connectivity index (χ2v) is 8.55. The van der Waals surface area contributed by atoms with E-state index in [2.05, 4.69) is 64.0 Å². The minimum absolute atomic E-state index is 0.653.